The number of benzene rings is 4. The third kappa shape index (κ3) is 10.7. The maximum absolute atomic E-state index is 15.2. The van der Waals surface area contributed by atoms with E-state index in [1.165, 1.54) is 6.07 Å². The van der Waals surface area contributed by atoms with Crippen molar-refractivity contribution in [3.8, 4) is 11.1 Å². The fourth-order valence-electron chi connectivity index (χ4n) is 8.55. The van der Waals surface area contributed by atoms with Gasteiger partial charge < -0.3 is 31.9 Å². The van der Waals surface area contributed by atoms with Gasteiger partial charge in [-0.3, -0.25) is 29.4 Å². The van der Waals surface area contributed by atoms with Crippen molar-refractivity contribution in [3.63, 3.8) is 0 Å². The van der Waals surface area contributed by atoms with Crippen LogP contribution in [0.3, 0.4) is 0 Å². The molecule has 7 N–H and O–H groups in total. The van der Waals surface area contributed by atoms with Crippen molar-refractivity contribution in [1.29, 1.82) is 0 Å². The zero-order valence-corrected chi connectivity index (χ0v) is 35.8. The maximum atomic E-state index is 15.2. The molecular weight excluding hydrogens is 842 g/mol. The second-order valence-corrected chi connectivity index (χ2v) is 16.9. The Morgan fingerprint density at radius 1 is 0.812 bits per heavy atom. The van der Waals surface area contributed by atoms with Crippen molar-refractivity contribution in [2.75, 3.05) is 53.6 Å². The minimum Gasteiger partial charge on any atom is -0.374 e. The van der Waals surface area contributed by atoms with Gasteiger partial charge in [-0.2, -0.15) is 4.98 Å². The second-order valence-electron chi connectivity index (χ2n) is 16.4. The maximum Gasteiger partial charge on any atom is 0.251 e. The first kappa shape index (κ1) is 44.0. The molecule has 64 heavy (non-hydrogen) atoms. The van der Waals surface area contributed by atoms with Gasteiger partial charge in [0.25, 0.3) is 5.91 Å². The summed E-state index contributed by atoms with van der Waals surface area (Å²) < 4.78 is 30.1. The second kappa shape index (κ2) is 19.8. The summed E-state index contributed by atoms with van der Waals surface area (Å²) in [7, 11) is 0. The highest BCUT2D eigenvalue weighted by atomic mass is 35.5. The van der Waals surface area contributed by atoms with Gasteiger partial charge in [-0.1, -0.05) is 29.8 Å². The van der Waals surface area contributed by atoms with Crippen LogP contribution in [0.5, 0.6) is 0 Å². The normalized spacial score (nSPS) is 19.1. The van der Waals surface area contributed by atoms with Crippen molar-refractivity contribution < 1.29 is 28.0 Å². The van der Waals surface area contributed by atoms with Crippen LogP contribution in [-0.4, -0.2) is 83.3 Å². The molecule has 3 aliphatic rings. The van der Waals surface area contributed by atoms with Gasteiger partial charge in [0, 0.05) is 77.4 Å². The monoisotopic (exact) mass is 890 g/mol. The highest BCUT2D eigenvalue weighted by Crippen LogP contribution is 2.34. The summed E-state index contributed by atoms with van der Waals surface area (Å²) in [5.74, 6) is -1.88. The number of carbonyl (C=O) groups excluding carboxylic acids is 4. The molecule has 0 spiro atoms. The summed E-state index contributed by atoms with van der Waals surface area (Å²) in [6.07, 6.45) is 6.64. The molecule has 0 bridgehead atoms. The number of nitrogens with two attached hydrogens (primary N) is 1. The van der Waals surface area contributed by atoms with Crippen molar-refractivity contribution >= 4 is 69.7 Å². The van der Waals surface area contributed by atoms with Gasteiger partial charge >= 0.3 is 0 Å². The van der Waals surface area contributed by atoms with E-state index >= 15 is 4.39 Å². The van der Waals surface area contributed by atoms with Crippen LogP contribution in [0, 0.1) is 17.6 Å². The number of piperazine rings is 1. The summed E-state index contributed by atoms with van der Waals surface area (Å²) in [6.45, 7) is 4.09. The Balaban J connectivity index is 0.763. The standard InChI is InChI=1S/C47H49ClF2N10O4/c48-37-4-2-1-3-34(37)36-25-32(13-15-35(36)43(51)62)54-44-39(50)27-52-47(58-44)56-31-11-7-29(8-12-31)45(63)55-30-9-5-28(6-10-30)19-20-59-21-23-60(24-22-59)41-17-14-33(26-38(41)49)53-40-16-18-42(61)57-46(40)64/h1-4,7-8,11-15,17,25-28,30,40,53H,5-6,9-10,16,18-24H2,(H2,51,62)(H,55,63)(H,57,61,64)(H2,52,54,56,58). The lowest BCUT2D eigenvalue weighted by Crippen LogP contribution is -2.47. The SMILES string of the molecule is NC(=O)c1ccc(Nc2nc(Nc3ccc(C(=O)NC4CCC(CCN5CCN(c6ccc(NC7CCC(=O)NC7=O)cc6F)CC5)CC4)cc3)ncc2F)cc1-c1ccccc1Cl. The molecule has 1 saturated carbocycles. The van der Waals surface area contributed by atoms with E-state index in [9.17, 15) is 23.6 Å². The highest BCUT2D eigenvalue weighted by Gasteiger charge is 2.28. The molecule has 0 radical (unpaired) electrons. The summed E-state index contributed by atoms with van der Waals surface area (Å²) in [4.78, 5) is 61.8. The average molecular weight is 891 g/mol. The summed E-state index contributed by atoms with van der Waals surface area (Å²) in [6, 6.07) is 23.2. The van der Waals surface area contributed by atoms with Crippen LogP contribution in [0.25, 0.3) is 11.1 Å². The van der Waals surface area contributed by atoms with Crippen molar-refractivity contribution in [2.45, 2.75) is 57.0 Å². The highest BCUT2D eigenvalue weighted by molar-refractivity contribution is 6.33. The first-order valence-electron chi connectivity index (χ1n) is 21.5. The Labute approximate surface area is 374 Å². The van der Waals surface area contributed by atoms with Gasteiger partial charge in [-0.05, 0) is 123 Å². The first-order chi connectivity index (χ1) is 30.9. The van der Waals surface area contributed by atoms with E-state index in [0.717, 1.165) is 71.0 Å². The first-order valence-corrected chi connectivity index (χ1v) is 21.9. The molecule has 332 valence electrons. The number of hydrogen-bond donors (Lipinski definition) is 6. The number of anilines is 6. The van der Waals surface area contributed by atoms with E-state index in [0.29, 0.717) is 56.8 Å². The van der Waals surface area contributed by atoms with Gasteiger partial charge in [-0.15, -0.1) is 0 Å². The van der Waals surface area contributed by atoms with Crippen LogP contribution in [0.2, 0.25) is 5.02 Å². The zero-order chi connectivity index (χ0) is 44.7. The van der Waals surface area contributed by atoms with Gasteiger partial charge in [0.05, 0.1) is 11.9 Å². The van der Waals surface area contributed by atoms with Crippen LogP contribution >= 0.6 is 11.6 Å². The molecule has 3 heterocycles. The number of carbonyl (C=O) groups is 4. The lowest BCUT2D eigenvalue weighted by Gasteiger charge is -2.37. The molecule has 4 aromatic carbocycles. The van der Waals surface area contributed by atoms with E-state index in [1.54, 1.807) is 78.9 Å². The number of primary amides is 1. The number of piperidine rings is 1. The number of imide groups is 1. The molecule has 2 aliphatic heterocycles. The number of rotatable bonds is 14. The molecule has 3 fully saturated rings. The van der Waals surface area contributed by atoms with E-state index in [-0.39, 0.29) is 47.4 Å². The van der Waals surface area contributed by atoms with Gasteiger partial charge in [-0.25, -0.2) is 13.8 Å². The predicted molar refractivity (Wildman–Crippen MR) is 243 cm³/mol. The average Bonchev–Trinajstić information content (AvgIpc) is 3.29. The van der Waals surface area contributed by atoms with Crippen molar-refractivity contribution in [2.24, 2.45) is 11.7 Å². The van der Waals surface area contributed by atoms with Gasteiger partial charge in [0.2, 0.25) is 23.7 Å². The third-order valence-electron chi connectivity index (χ3n) is 12.1. The van der Waals surface area contributed by atoms with E-state index in [1.807, 2.05) is 0 Å². The van der Waals surface area contributed by atoms with Crippen LogP contribution in [0.15, 0.2) is 91.1 Å². The summed E-state index contributed by atoms with van der Waals surface area (Å²) in [5.41, 5.74) is 9.58. The van der Waals surface area contributed by atoms with Gasteiger partial charge in [0.1, 0.15) is 11.9 Å². The molecule has 14 nitrogen and oxygen atoms in total. The van der Waals surface area contributed by atoms with Crippen LogP contribution < -0.4 is 37.2 Å². The Morgan fingerprint density at radius 2 is 1.55 bits per heavy atom. The van der Waals surface area contributed by atoms with Gasteiger partial charge in [0.15, 0.2) is 11.6 Å². The quantitative estimate of drug-likeness (QED) is 0.0611. The molecule has 8 rings (SSSR count). The van der Waals surface area contributed by atoms with Crippen molar-refractivity contribution in [1.82, 2.24) is 25.5 Å². The Kier molecular flexibility index (Phi) is 13.6. The van der Waals surface area contributed by atoms with Crippen LogP contribution in [0.1, 0.15) is 65.7 Å². The van der Waals surface area contributed by atoms with E-state index in [2.05, 4.69) is 46.4 Å². The molecule has 1 aromatic heterocycles. The zero-order valence-electron chi connectivity index (χ0n) is 35.0. The fraction of sp³-hybridized carbons (Fsp3) is 0.319. The summed E-state index contributed by atoms with van der Waals surface area (Å²) in [5, 5.41) is 15.0. The molecule has 17 heteroatoms. The Bertz CT molecular complexity index is 2530. The molecule has 2 saturated heterocycles. The molecule has 4 amide bonds. The predicted octanol–water partition coefficient (Wildman–Crippen LogP) is 7.38. The smallest absolute Gasteiger partial charge is 0.251 e. The number of nitrogens with zero attached hydrogens (tertiary/aromatic N) is 4. The molecule has 1 unspecified atom stereocenters. The summed E-state index contributed by atoms with van der Waals surface area (Å²) >= 11 is 6.41. The van der Waals surface area contributed by atoms with E-state index in [4.69, 9.17) is 17.3 Å². The Morgan fingerprint density at radius 3 is 2.27 bits per heavy atom. The molecule has 1 atom stereocenters. The number of nitrogens with one attached hydrogen (secondary N) is 5. The fourth-order valence-corrected chi connectivity index (χ4v) is 8.79. The lowest BCUT2D eigenvalue weighted by molar-refractivity contribution is -0.133. The molecular formula is C47H49ClF2N10O4. The minimum absolute atomic E-state index is 0.0943. The van der Waals surface area contributed by atoms with Crippen LogP contribution in [-0.2, 0) is 9.59 Å². The number of amides is 4. The number of halogens is 3. The molecule has 5 aromatic rings. The number of hydrogen-bond acceptors (Lipinski definition) is 11. The minimum atomic E-state index is -0.692. The topological polar surface area (TPSA) is 187 Å². The number of aromatic nitrogens is 2. The van der Waals surface area contributed by atoms with Crippen molar-refractivity contribution in [3.05, 3.63) is 119 Å². The van der Waals surface area contributed by atoms with E-state index < -0.39 is 23.7 Å². The largest absolute Gasteiger partial charge is 0.374 e. The third-order valence-corrected chi connectivity index (χ3v) is 12.5. The lowest BCUT2D eigenvalue weighted by atomic mass is 9.84. The molecule has 1 aliphatic carbocycles. The Hall–Kier alpha value is -6.65. The van der Waals surface area contributed by atoms with Crippen LogP contribution in [0.4, 0.5) is 43.3 Å².